The SMILES string of the molecule is C#Cc1ccc(-c2c3nc(c(-c4ccc(C#C)cc4)c4ccc([nH]4)c(-c4ccc(C#C)cc4)c4nc(c(-c5ccc(C#C)cc5)c5ccc2[nH]5)C=C4)C=C3)cc1.Cc1ccc(-c2c3nc(c(-c4ccc(I)cc4)c4ccc([nH]4)c(-c4ccc(I)cc4)c4nc(c(-c5ccc(I)cc5)c5ccc2[nH]5)C=C4)C=C3)cc1. The van der Waals surface area contributed by atoms with E-state index in [1.807, 2.05) is 97.1 Å². The van der Waals surface area contributed by atoms with E-state index in [2.05, 4.69) is 313 Å². The molecule has 0 saturated heterocycles. The number of terminal acetylenes is 4. The van der Waals surface area contributed by atoms with Gasteiger partial charge in [0.05, 0.1) is 45.6 Å². The molecule has 11 heteroatoms. The number of benzene rings is 8. The lowest BCUT2D eigenvalue weighted by Gasteiger charge is -2.07. The van der Waals surface area contributed by atoms with E-state index in [0.29, 0.717) is 0 Å². The lowest BCUT2D eigenvalue weighted by atomic mass is 10.0. The summed E-state index contributed by atoms with van der Waals surface area (Å²) in [6.07, 6.45) is 39.9. The van der Waals surface area contributed by atoms with E-state index in [0.717, 1.165) is 201 Å². The Balaban J connectivity index is 0.000000159. The predicted molar refractivity (Wildman–Crippen MR) is 476 cm³/mol. The molecule has 4 N–H and O–H groups in total. The molecule has 0 unspecified atom stereocenters. The standard InChI is InChI=1S/C52H30N4.C45H29I3N4/c1-5-33-9-17-37(18-10-33)49-41-25-27-43(53-41)50(38-19-11-34(6-2)12-20-38)45-29-31-47(55-45)52(40-23-15-36(8-4)16-24-40)48-32-30-46(56-48)51(44-28-26-42(49)54-44)39-21-13-35(7-3)14-22-39;1-26-2-4-27(5-3-26)42-34-18-20-36(49-34)43(28-6-12-31(46)13-7-28)38-22-24-40(51-38)45(30-10-16-33(48)17-11-30)41-25-23-39(52-41)44(37-21-19-35(42)50-37)29-8-14-32(47)15-9-29/h1-4,9-32,53,56H;2-25,49,52H,1H3. The van der Waals surface area contributed by atoms with Gasteiger partial charge in [0.2, 0.25) is 0 Å². The Bertz CT molecular complexity index is 5880. The molecule has 10 heterocycles. The smallest absolute Gasteiger partial charge is 0.0737 e. The van der Waals surface area contributed by atoms with Gasteiger partial charge in [0, 0.05) is 122 Å². The largest absolute Gasteiger partial charge is 0.354 e. The van der Waals surface area contributed by atoms with Crippen LogP contribution >= 0.6 is 67.8 Å². The van der Waals surface area contributed by atoms with Crippen molar-refractivity contribution in [1.29, 1.82) is 0 Å². The Morgan fingerprint density at radius 2 is 0.361 bits per heavy atom. The number of hydrogen-bond acceptors (Lipinski definition) is 4. The number of aryl methyl sites for hydroxylation is 1. The average Bonchev–Trinajstić information content (AvgIpc) is 1.62. The maximum absolute atomic E-state index is 5.76. The zero-order valence-electron chi connectivity index (χ0n) is 57.9. The van der Waals surface area contributed by atoms with Gasteiger partial charge in [0.25, 0.3) is 0 Å². The van der Waals surface area contributed by atoms with Gasteiger partial charge in [-0.05, 0) is 301 Å². The lowest BCUT2D eigenvalue weighted by Crippen LogP contribution is -1.90. The first kappa shape index (κ1) is 68.5. The number of rotatable bonds is 8. The van der Waals surface area contributed by atoms with Crippen molar-refractivity contribution in [2.45, 2.75) is 6.92 Å². The van der Waals surface area contributed by atoms with Crippen molar-refractivity contribution in [3.63, 3.8) is 0 Å². The molecule has 16 bridgehead atoms. The number of aromatic amines is 4. The van der Waals surface area contributed by atoms with E-state index in [-0.39, 0.29) is 0 Å². The summed E-state index contributed by atoms with van der Waals surface area (Å²) in [7, 11) is 0. The maximum Gasteiger partial charge on any atom is 0.0737 e. The highest BCUT2D eigenvalue weighted by molar-refractivity contribution is 14.1. The minimum Gasteiger partial charge on any atom is -0.354 e. The van der Waals surface area contributed by atoms with Crippen molar-refractivity contribution in [2.75, 3.05) is 0 Å². The number of nitrogens with zero attached hydrogens (tertiary/aromatic N) is 4. The monoisotopic (exact) mass is 1720 g/mol. The van der Waals surface area contributed by atoms with Crippen molar-refractivity contribution in [3.8, 4) is 138 Å². The maximum atomic E-state index is 5.76. The number of halogens is 3. The fourth-order valence-corrected chi connectivity index (χ4v) is 15.4. The van der Waals surface area contributed by atoms with E-state index in [9.17, 15) is 0 Å². The van der Waals surface area contributed by atoms with Crippen molar-refractivity contribution in [2.24, 2.45) is 0 Å². The molecule has 108 heavy (non-hydrogen) atoms. The lowest BCUT2D eigenvalue weighted by molar-refractivity contribution is 1.31. The molecule has 8 nitrogen and oxygen atoms in total. The molecular weight excluding hydrogens is 1660 g/mol. The molecule has 14 aromatic rings. The van der Waals surface area contributed by atoms with E-state index >= 15 is 0 Å². The molecule has 0 atom stereocenters. The van der Waals surface area contributed by atoms with Crippen LogP contribution in [-0.2, 0) is 0 Å². The topological polar surface area (TPSA) is 115 Å². The summed E-state index contributed by atoms with van der Waals surface area (Å²) in [5.41, 5.74) is 34.9. The van der Waals surface area contributed by atoms with Crippen LogP contribution < -0.4 is 0 Å². The minimum absolute atomic E-state index is 0.798. The molecule has 18 rings (SSSR count). The zero-order valence-corrected chi connectivity index (χ0v) is 64.4. The van der Waals surface area contributed by atoms with Crippen molar-refractivity contribution in [3.05, 3.63) is 327 Å². The third-order valence-corrected chi connectivity index (χ3v) is 21.8. The summed E-state index contributed by atoms with van der Waals surface area (Å²) in [4.78, 5) is 36.7. The fraction of sp³-hybridized carbons (Fsp3) is 0.0103. The Kier molecular flexibility index (Phi) is 18.6. The quantitative estimate of drug-likeness (QED) is 0.0896. The second kappa shape index (κ2) is 29.4. The molecule has 0 radical (unpaired) electrons. The number of aromatic nitrogens is 8. The Hall–Kier alpha value is -12.6. The normalized spacial score (nSPS) is 11.7. The van der Waals surface area contributed by atoms with Gasteiger partial charge in [-0.2, -0.15) is 0 Å². The predicted octanol–water partition coefficient (Wildman–Crippen LogP) is 24.7. The highest BCUT2D eigenvalue weighted by Crippen LogP contribution is 2.43. The molecule has 0 amide bonds. The van der Waals surface area contributed by atoms with Gasteiger partial charge in [0.15, 0.2) is 0 Å². The first-order valence-electron chi connectivity index (χ1n) is 34.9. The van der Waals surface area contributed by atoms with E-state index in [1.54, 1.807) is 0 Å². The van der Waals surface area contributed by atoms with Gasteiger partial charge >= 0.3 is 0 Å². The first-order valence-corrected chi connectivity index (χ1v) is 38.1. The fourth-order valence-electron chi connectivity index (χ4n) is 14.3. The third kappa shape index (κ3) is 13.5. The summed E-state index contributed by atoms with van der Waals surface area (Å²) in [6.45, 7) is 2.12. The van der Waals surface area contributed by atoms with Crippen LogP contribution in [0.5, 0.6) is 0 Å². The van der Waals surface area contributed by atoms with Crippen LogP contribution in [-0.4, -0.2) is 39.9 Å². The van der Waals surface area contributed by atoms with Gasteiger partial charge in [-0.1, -0.05) is 138 Å². The second-order valence-corrected chi connectivity index (χ2v) is 30.0. The molecule has 0 saturated carbocycles. The van der Waals surface area contributed by atoms with Gasteiger partial charge in [-0.15, -0.1) is 25.7 Å². The molecule has 8 aromatic carbocycles. The van der Waals surface area contributed by atoms with Crippen LogP contribution in [0.4, 0.5) is 0 Å². The van der Waals surface area contributed by atoms with Crippen LogP contribution in [0.1, 0.15) is 73.4 Å². The van der Waals surface area contributed by atoms with Crippen molar-refractivity contribution >= 4 is 161 Å². The molecule has 6 aromatic heterocycles. The molecule has 0 spiro atoms. The summed E-state index contributed by atoms with van der Waals surface area (Å²) in [5.74, 6) is 11.0. The summed E-state index contributed by atoms with van der Waals surface area (Å²) in [6, 6.07) is 83.8. The number of nitrogens with one attached hydrogen (secondary N) is 4. The minimum atomic E-state index is 0.798. The van der Waals surface area contributed by atoms with Crippen molar-refractivity contribution in [1.82, 2.24) is 39.9 Å². The number of hydrogen-bond donors (Lipinski definition) is 4. The molecule has 508 valence electrons. The summed E-state index contributed by atoms with van der Waals surface area (Å²) in [5, 5.41) is 0. The van der Waals surface area contributed by atoms with Gasteiger partial charge in [0.1, 0.15) is 0 Å². The first-order chi connectivity index (χ1) is 52.9. The van der Waals surface area contributed by atoms with Crippen molar-refractivity contribution < 1.29 is 0 Å². The Labute approximate surface area is 666 Å². The molecule has 0 aliphatic carbocycles. The van der Waals surface area contributed by atoms with E-state index in [1.165, 1.54) is 16.3 Å². The van der Waals surface area contributed by atoms with Crippen LogP contribution in [0.2, 0.25) is 0 Å². The highest BCUT2D eigenvalue weighted by atomic mass is 127. The third-order valence-electron chi connectivity index (χ3n) is 19.6. The Morgan fingerprint density at radius 3 is 0.519 bits per heavy atom. The molecule has 4 aliphatic heterocycles. The molecule has 0 fully saturated rings. The van der Waals surface area contributed by atoms with Gasteiger partial charge < -0.3 is 19.9 Å². The van der Waals surface area contributed by atoms with Crippen LogP contribution in [0.25, 0.3) is 182 Å². The average molecular weight is 1720 g/mol. The Morgan fingerprint density at radius 1 is 0.213 bits per heavy atom. The zero-order chi connectivity index (χ0) is 73.5. The second-order valence-electron chi connectivity index (χ2n) is 26.3. The van der Waals surface area contributed by atoms with E-state index < -0.39 is 0 Å². The summed E-state index contributed by atoms with van der Waals surface area (Å²) >= 11 is 7.09. The molecule has 4 aliphatic rings. The van der Waals surface area contributed by atoms with Crippen LogP contribution in [0, 0.1) is 67.0 Å². The van der Waals surface area contributed by atoms with Crippen LogP contribution in [0.3, 0.4) is 0 Å². The van der Waals surface area contributed by atoms with E-state index in [4.69, 9.17) is 45.6 Å². The summed E-state index contributed by atoms with van der Waals surface area (Å²) < 4.78 is 3.55. The number of H-pyrrole nitrogens is 4. The highest BCUT2D eigenvalue weighted by Gasteiger charge is 2.23. The van der Waals surface area contributed by atoms with Crippen LogP contribution in [0.15, 0.2) is 243 Å². The number of fused-ring (bicyclic) bond motifs is 16. The van der Waals surface area contributed by atoms with Gasteiger partial charge in [-0.25, -0.2) is 19.9 Å². The van der Waals surface area contributed by atoms with Gasteiger partial charge in [-0.3, -0.25) is 0 Å². The molecular formula is C97H59I3N8.